The van der Waals surface area contributed by atoms with Gasteiger partial charge in [-0.25, -0.2) is 14.6 Å². The molecule has 3 fully saturated rings. The number of imidazole rings is 1. The Morgan fingerprint density at radius 3 is 2.26 bits per heavy atom. The highest BCUT2D eigenvalue weighted by atomic mass is 19.4. The quantitative estimate of drug-likeness (QED) is 0.163. The van der Waals surface area contributed by atoms with Crippen LogP contribution in [0.5, 0.6) is 5.75 Å². The Balaban J connectivity index is 1.05. The second-order valence-corrected chi connectivity index (χ2v) is 18.2. The molecule has 4 heterocycles. The topological polar surface area (TPSA) is 152 Å². The van der Waals surface area contributed by atoms with Gasteiger partial charge < -0.3 is 39.8 Å². The van der Waals surface area contributed by atoms with Crippen molar-refractivity contribution in [2.45, 2.75) is 85.3 Å². The van der Waals surface area contributed by atoms with E-state index < -0.39 is 35.7 Å². The Morgan fingerprint density at radius 1 is 0.903 bits per heavy atom. The molecule has 3 atom stereocenters. The van der Waals surface area contributed by atoms with Crippen LogP contribution in [-0.2, 0) is 14.3 Å². The van der Waals surface area contributed by atoms with E-state index in [1.165, 1.54) is 19.2 Å². The highest BCUT2D eigenvalue weighted by molar-refractivity contribution is 6.05. The third kappa shape index (κ3) is 9.72. The van der Waals surface area contributed by atoms with Crippen molar-refractivity contribution in [2.24, 2.45) is 17.3 Å². The number of aromatic nitrogens is 2. The number of rotatable bonds is 8. The predicted octanol–water partition coefficient (Wildman–Crippen LogP) is 7.76. The van der Waals surface area contributed by atoms with Crippen LogP contribution in [0.25, 0.3) is 32.9 Å². The number of piperazine rings is 1. The molecule has 62 heavy (non-hydrogen) atoms. The zero-order chi connectivity index (χ0) is 44.7. The number of fused-ring (bicyclic) bond motifs is 3. The lowest BCUT2D eigenvalue weighted by Gasteiger charge is -2.43. The van der Waals surface area contributed by atoms with Crippen LogP contribution in [0.2, 0.25) is 0 Å². The van der Waals surface area contributed by atoms with Crippen LogP contribution in [0, 0.1) is 17.3 Å². The van der Waals surface area contributed by atoms with Crippen LogP contribution in [0.1, 0.15) is 72.7 Å². The summed E-state index contributed by atoms with van der Waals surface area (Å²) in [5.41, 5.74) is 1.78. The van der Waals surface area contributed by atoms with Crippen molar-refractivity contribution < 1.29 is 41.8 Å². The van der Waals surface area contributed by atoms with Crippen molar-refractivity contribution in [3.63, 3.8) is 0 Å². The van der Waals surface area contributed by atoms with Gasteiger partial charge in [0.05, 0.1) is 24.2 Å². The SMILES string of the molecule is COC(=O)N[C@H](C(=O)N1C[C@@H](C)C[C@H]1c1nc2c(ccc3cc(-c4ccc(NC(=O)N5CCN(C6CCN(C(=O)C(C)(C)C)CC6)CC5)cc4OC(F)(F)F)ccc32)[nH]1)C(C)C. The fraction of sp³-hybridized carbons (Fsp3) is 0.533. The number of ether oxygens (including phenoxy) is 2. The Hall–Kier alpha value is -5.58. The number of urea groups is 1. The van der Waals surface area contributed by atoms with Gasteiger partial charge in [0.15, 0.2) is 0 Å². The summed E-state index contributed by atoms with van der Waals surface area (Å²) >= 11 is 0. The number of nitrogens with zero attached hydrogens (tertiary/aromatic N) is 5. The molecule has 14 nitrogen and oxygen atoms in total. The maximum atomic E-state index is 13.8. The van der Waals surface area contributed by atoms with Gasteiger partial charge in [0.2, 0.25) is 11.8 Å². The fourth-order valence-electron chi connectivity index (χ4n) is 9.02. The van der Waals surface area contributed by atoms with E-state index >= 15 is 0 Å². The first-order chi connectivity index (χ1) is 29.3. The monoisotopic (exact) mass is 862 g/mol. The molecule has 3 aromatic carbocycles. The molecule has 7 rings (SSSR count). The number of hydrogen-bond acceptors (Lipinski definition) is 8. The lowest BCUT2D eigenvalue weighted by atomic mass is 9.92. The van der Waals surface area contributed by atoms with E-state index in [0.29, 0.717) is 75.2 Å². The number of anilines is 1. The molecule has 17 heteroatoms. The molecule has 3 aliphatic heterocycles. The van der Waals surface area contributed by atoms with Crippen molar-refractivity contribution >= 4 is 51.4 Å². The fourth-order valence-corrected chi connectivity index (χ4v) is 9.02. The molecule has 1 aromatic heterocycles. The van der Waals surface area contributed by atoms with Gasteiger partial charge in [-0.05, 0) is 66.3 Å². The first-order valence-corrected chi connectivity index (χ1v) is 21.4. The van der Waals surface area contributed by atoms with E-state index in [0.717, 1.165) is 29.1 Å². The van der Waals surface area contributed by atoms with Crippen LogP contribution >= 0.6 is 0 Å². The highest BCUT2D eigenvalue weighted by Gasteiger charge is 2.41. The Morgan fingerprint density at radius 2 is 1.61 bits per heavy atom. The number of amides is 5. The first kappa shape index (κ1) is 44.5. The molecule has 0 spiro atoms. The minimum absolute atomic E-state index is 0.157. The normalized spacial score (nSPS) is 19.9. The van der Waals surface area contributed by atoms with Crippen molar-refractivity contribution in [3.8, 4) is 16.9 Å². The lowest BCUT2D eigenvalue weighted by Crippen LogP contribution is -2.56. The average molecular weight is 863 g/mol. The van der Waals surface area contributed by atoms with Gasteiger partial charge in [-0.3, -0.25) is 14.5 Å². The number of H-pyrrole nitrogens is 1. The van der Waals surface area contributed by atoms with Crippen molar-refractivity contribution in [1.29, 1.82) is 0 Å². The molecule has 4 aromatic rings. The maximum Gasteiger partial charge on any atom is 0.573 e. The summed E-state index contributed by atoms with van der Waals surface area (Å²) in [4.78, 5) is 68.1. The zero-order valence-electron chi connectivity index (χ0n) is 36.4. The van der Waals surface area contributed by atoms with Gasteiger partial charge in [-0.15, -0.1) is 13.2 Å². The molecule has 0 bridgehead atoms. The van der Waals surface area contributed by atoms with Crippen molar-refractivity contribution in [3.05, 3.63) is 54.4 Å². The van der Waals surface area contributed by atoms with Gasteiger partial charge in [-0.2, -0.15) is 0 Å². The van der Waals surface area contributed by atoms with Crippen molar-refractivity contribution in [1.82, 2.24) is 34.9 Å². The van der Waals surface area contributed by atoms with Crippen LogP contribution < -0.4 is 15.4 Å². The number of carbonyl (C=O) groups is 4. The summed E-state index contributed by atoms with van der Waals surface area (Å²) in [5.74, 6) is 0.0590. The van der Waals surface area contributed by atoms with Crippen LogP contribution in [0.4, 0.5) is 28.4 Å². The molecule has 3 aliphatic rings. The third-order valence-electron chi connectivity index (χ3n) is 12.3. The Kier molecular flexibility index (Phi) is 12.7. The second kappa shape index (κ2) is 17.7. The second-order valence-electron chi connectivity index (χ2n) is 18.2. The van der Waals surface area contributed by atoms with Crippen molar-refractivity contribution in [2.75, 3.05) is 58.2 Å². The van der Waals surface area contributed by atoms with Gasteiger partial charge in [-0.1, -0.05) is 59.7 Å². The van der Waals surface area contributed by atoms with E-state index in [1.54, 1.807) is 34.1 Å². The molecule has 3 N–H and O–H groups in total. The van der Waals surface area contributed by atoms with E-state index in [4.69, 9.17) is 9.72 Å². The number of alkyl halides is 3. The maximum absolute atomic E-state index is 13.8. The van der Waals surface area contributed by atoms with Crippen LogP contribution in [0.15, 0.2) is 48.5 Å². The molecule has 0 aliphatic carbocycles. The number of halogens is 3. The minimum Gasteiger partial charge on any atom is -0.453 e. The molecule has 3 saturated heterocycles. The Bertz CT molecular complexity index is 2310. The lowest BCUT2D eigenvalue weighted by molar-refractivity contribution is -0.274. The number of methoxy groups -OCH3 is 1. The van der Waals surface area contributed by atoms with E-state index in [9.17, 15) is 32.3 Å². The largest absolute Gasteiger partial charge is 0.573 e. The number of benzene rings is 3. The summed E-state index contributed by atoms with van der Waals surface area (Å²) in [6, 6.07) is 12.0. The number of aromatic amines is 1. The highest BCUT2D eigenvalue weighted by Crippen LogP contribution is 2.40. The Labute approximate surface area is 359 Å². The third-order valence-corrected chi connectivity index (χ3v) is 12.3. The van der Waals surface area contributed by atoms with Gasteiger partial charge >= 0.3 is 18.5 Å². The standard InChI is InChI=1S/C45H57F3N8O6/c1-26(2)37(52-43(60)61-7)40(57)56-25-27(3)22-35(56)39-50-34-13-9-29-23-28(8-11-33(29)38(34)51-39)32-12-10-30(24-36(32)62-45(46,47)48)49-42(59)55-20-18-53(19-21-55)31-14-16-54(17-15-31)41(58)44(4,5)6/h8-13,23-24,26-27,31,35,37H,14-22,25H2,1-7H3,(H,49,59)(H,50,51)(H,52,60)/t27-,35-,37-/m0/s1. The average Bonchev–Trinajstić information content (AvgIpc) is 3.85. The smallest absolute Gasteiger partial charge is 0.453 e. The summed E-state index contributed by atoms with van der Waals surface area (Å²) in [7, 11) is 1.25. The molecule has 0 saturated carbocycles. The number of piperidine rings is 1. The number of hydrogen-bond donors (Lipinski definition) is 3. The number of nitrogens with one attached hydrogen (secondary N) is 3. The van der Waals surface area contributed by atoms with Gasteiger partial charge in [0.1, 0.15) is 17.6 Å². The van der Waals surface area contributed by atoms with Crippen LogP contribution in [-0.4, -0.2) is 125 Å². The summed E-state index contributed by atoms with van der Waals surface area (Å²) in [6.07, 6.45) is -3.27. The summed E-state index contributed by atoms with van der Waals surface area (Å²) < 4.78 is 50.8. The zero-order valence-corrected chi connectivity index (χ0v) is 36.4. The predicted molar refractivity (Wildman–Crippen MR) is 229 cm³/mol. The molecule has 5 amide bonds. The van der Waals surface area contributed by atoms with E-state index in [-0.39, 0.29) is 40.9 Å². The van der Waals surface area contributed by atoms with Crippen LogP contribution in [0.3, 0.4) is 0 Å². The molecule has 334 valence electrons. The summed E-state index contributed by atoms with van der Waals surface area (Å²) in [5, 5.41) is 6.92. The summed E-state index contributed by atoms with van der Waals surface area (Å²) in [6.45, 7) is 15.7. The molecular formula is C45H57F3N8O6. The molecular weight excluding hydrogens is 806 g/mol. The first-order valence-electron chi connectivity index (χ1n) is 21.4. The number of carbonyl (C=O) groups excluding carboxylic acids is 4. The van der Waals surface area contributed by atoms with E-state index in [2.05, 4.69) is 32.2 Å². The molecule has 0 radical (unpaired) electrons. The van der Waals surface area contributed by atoms with Gasteiger partial charge in [0, 0.05) is 80.0 Å². The number of alkyl carbamates (subject to hydrolysis) is 1. The number of likely N-dealkylation sites (tertiary alicyclic amines) is 2. The molecule has 0 unspecified atom stereocenters. The van der Waals surface area contributed by atoms with Gasteiger partial charge in [0.25, 0.3) is 0 Å². The minimum atomic E-state index is -4.99. The van der Waals surface area contributed by atoms with E-state index in [1.807, 2.05) is 51.7 Å².